The predicted molar refractivity (Wildman–Crippen MR) is 110 cm³/mol. The van der Waals surface area contributed by atoms with Crippen LogP contribution >= 0.6 is 22.6 Å². The lowest BCUT2D eigenvalue weighted by Gasteiger charge is -2.21. The Morgan fingerprint density at radius 1 is 0.889 bits per heavy atom. The molecule has 3 N–H and O–H groups in total. The van der Waals surface area contributed by atoms with Crippen molar-refractivity contribution in [2.45, 2.75) is 31.8 Å². The Hall–Kier alpha value is -2.42. The number of hydrogen-bond donors (Lipinski definition) is 3. The van der Waals surface area contributed by atoms with Crippen molar-refractivity contribution in [2.75, 3.05) is 0 Å². The molecule has 0 aliphatic heterocycles. The van der Waals surface area contributed by atoms with Gasteiger partial charge in [-0.2, -0.15) is 0 Å². The van der Waals surface area contributed by atoms with E-state index in [1.54, 1.807) is 0 Å². The molecule has 2 atom stereocenters. The van der Waals surface area contributed by atoms with E-state index in [1.165, 1.54) is 6.92 Å². The predicted octanol–water partition coefficient (Wildman–Crippen LogP) is 2.15. The summed E-state index contributed by atoms with van der Waals surface area (Å²) in [6.07, 6.45) is 0.443. The number of carbonyl (C=O) groups is 3. The number of amides is 2. The fraction of sp³-hybridized carbons (Fsp3) is 0.250. The minimum absolute atomic E-state index is 0.163. The second-order valence-electron chi connectivity index (χ2n) is 6.17. The van der Waals surface area contributed by atoms with Crippen LogP contribution in [0, 0.1) is 3.57 Å². The highest BCUT2D eigenvalue weighted by Gasteiger charge is 2.26. The SMILES string of the molecule is CC(=O)N[C@@H](Cc1ccccc1)C(=O)N[C@@H](Cc1ccc(I)cc1)C(=O)O. The molecule has 2 aromatic rings. The average Bonchev–Trinajstić information content (AvgIpc) is 2.62. The van der Waals surface area contributed by atoms with Gasteiger partial charge in [-0.3, -0.25) is 9.59 Å². The maximum Gasteiger partial charge on any atom is 0.326 e. The fourth-order valence-electron chi connectivity index (χ4n) is 2.63. The first-order valence-electron chi connectivity index (χ1n) is 8.44. The average molecular weight is 480 g/mol. The number of aliphatic carboxylic acids is 1. The maximum absolute atomic E-state index is 12.7. The first kappa shape index (κ1) is 20.9. The normalized spacial score (nSPS) is 12.7. The Kier molecular flexibility index (Phi) is 7.78. The topological polar surface area (TPSA) is 95.5 Å². The molecular weight excluding hydrogens is 459 g/mol. The van der Waals surface area contributed by atoms with Crippen molar-refractivity contribution in [1.29, 1.82) is 0 Å². The van der Waals surface area contributed by atoms with Gasteiger partial charge in [0.25, 0.3) is 0 Å². The molecule has 7 heteroatoms. The lowest BCUT2D eigenvalue weighted by Crippen LogP contribution is -2.52. The number of carboxylic acid groups (broad SMARTS) is 1. The van der Waals surface area contributed by atoms with Crippen LogP contribution in [-0.4, -0.2) is 35.0 Å². The van der Waals surface area contributed by atoms with Crippen molar-refractivity contribution >= 4 is 40.4 Å². The van der Waals surface area contributed by atoms with Crippen LogP contribution in [0.3, 0.4) is 0 Å². The van der Waals surface area contributed by atoms with Gasteiger partial charge in [-0.25, -0.2) is 4.79 Å². The summed E-state index contributed by atoms with van der Waals surface area (Å²) in [5.74, 6) is -1.99. The molecule has 0 saturated heterocycles. The Morgan fingerprint density at radius 3 is 2.00 bits per heavy atom. The van der Waals surface area contributed by atoms with Gasteiger partial charge in [0.05, 0.1) is 0 Å². The molecule has 0 fully saturated rings. The highest BCUT2D eigenvalue weighted by Crippen LogP contribution is 2.10. The third-order valence-corrected chi connectivity index (χ3v) is 4.66. The number of rotatable bonds is 8. The molecule has 0 heterocycles. The van der Waals surface area contributed by atoms with Crippen LogP contribution in [0.25, 0.3) is 0 Å². The quantitative estimate of drug-likeness (QED) is 0.505. The van der Waals surface area contributed by atoms with Gasteiger partial charge in [-0.1, -0.05) is 42.5 Å². The summed E-state index contributed by atoms with van der Waals surface area (Å²) in [6, 6.07) is 14.7. The van der Waals surface area contributed by atoms with Crippen molar-refractivity contribution in [3.63, 3.8) is 0 Å². The molecule has 142 valence electrons. The van der Waals surface area contributed by atoms with Gasteiger partial charge in [0.15, 0.2) is 0 Å². The Balaban J connectivity index is 2.10. The van der Waals surface area contributed by atoms with Crippen molar-refractivity contribution in [1.82, 2.24) is 10.6 Å². The molecule has 0 unspecified atom stereocenters. The van der Waals surface area contributed by atoms with Gasteiger partial charge in [-0.15, -0.1) is 0 Å². The third kappa shape index (κ3) is 7.01. The number of hydrogen-bond acceptors (Lipinski definition) is 3. The largest absolute Gasteiger partial charge is 0.480 e. The van der Waals surface area contributed by atoms with Crippen LogP contribution in [0.15, 0.2) is 54.6 Å². The zero-order chi connectivity index (χ0) is 19.8. The lowest BCUT2D eigenvalue weighted by molar-refractivity contribution is -0.142. The molecule has 0 aromatic heterocycles. The van der Waals surface area contributed by atoms with E-state index >= 15 is 0 Å². The molecule has 0 radical (unpaired) electrons. The van der Waals surface area contributed by atoms with E-state index in [0.717, 1.165) is 14.7 Å². The van der Waals surface area contributed by atoms with Crippen LogP contribution in [0.5, 0.6) is 0 Å². The lowest BCUT2D eigenvalue weighted by atomic mass is 10.0. The van der Waals surface area contributed by atoms with E-state index in [4.69, 9.17) is 0 Å². The van der Waals surface area contributed by atoms with Gasteiger partial charge in [0.1, 0.15) is 12.1 Å². The van der Waals surface area contributed by atoms with Crippen LogP contribution in [0.2, 0.25) is 0 Å². The van der Waals surface area contributed by atoms with Gasteiger partial charge < -0.3 is 15.7 Å². The van der Waals surface area contributed by atoms with E-state index < -0.39 is 24.0 Å². The van der Waals surface area contributed by atoms with E-state index in [2.05, 4.69) is 33.2 Å². The van der Waals surface area contributed by atoms with Crippen molar-refractivity contribution in [3.05, 3.63) is 69.3 Å². The molecule has 0 bridgehead atoms. The van der Waals surface area contributed by atoms with E-state index in [9.17, 15) is 19.5 Å². The summed E-state index contributed by atoms with van der Waals surface area (Å²) in [4.78, 5) is 35.7. The maximum atomic E-state index is 12.7. The van der Waals surface area contributed by atoms with E-state index in [-0.39, 0.29) is 18.7 Å². The molecule has 2 amide bonds. The molecule has 27 heavy (non-hydrogen) atoms. The summed E-state index contributed by atoms with van der Waals surface area (Å²) < 4.78 is 1.04. The van der Waals surface area contributed by atoms with Crippen molar-refractivity contribution < 1.29 is 19.5 Å². The number of halogens is 1. The molecule has 0 saturated carbocycles. The highest BCUT2D eigenvalue weighted by molar-refractivity contribution is 14.1. The van der Waals surface area contributed by atoms with Gasteiger partial charge >= 0.3 is 5.97 Å². The zero-order valence-electron chi connectivity index (χ0n) is 14.8. The summed E-state index contributed by atoms with van der Waals surface area (Å²) in [5.41, 5.74) is 1.68. The summed E-state index contributed by atoms with van der Waals surface area (Å²) in [7, 11) is 0. The fourth-order valence-corrected chi connectivity index (χ4v) is 2.99. The molecule has 2 aromatic carbocycles. The third-order valence-electron chi connectivity index (χ3n) is 3.94. The second kappa shape index (κ2) is 10.1. The van der Waals surface area contributed by atoms with E-state index in [0.29, 0.717) is 0 Å². The molecule has 0 aliphatic rings. The summed E-state index contributed by atoms with van der Waals surface area (Å²) >= 11 is 2.17. The van der Waals surface area contributed by atoms with E-state index in [1.807, 2.05) is 54.6 Å². The summed E-state index contributed by atoms with van der Waals surface area (Å²) in [5, 5.41) is 14.6. The number of carboxylic acids is 1. The van der Waals surface area contributed by atoms with Crippen LogP contribution < -0.4 is 10.6 Å². The number of nitrogens with one attached hydrogen (secondary N) is 2. The molecule has 2 rings (SSSR count). The zero-order valence-corrected chi connectivity index (χ0v) is 17.0. The first-order chi connectivity index (χ1) is 12.8. The van der Waals surface area contributed by atoms with Crippen LogP contribution in [-0.2, 0) is 27.2 Å². The smallest absolute Gasteiger partial charge is 0.326 e. The summed E-state index contributed by atoms with van der Waals surface area (Å²) in [6.45, 7) is 1.32. The molecule has 6 nitrogen and oxygen atoms in total. The van der Waals surface area contributed by atoms with Gasteiger partial charge in [0.2, 0.25) is 11.8 Å². The number of benzene rings is 2. The second-order valence-corrected chi connectivity index (χ2v) is 7.42. The monoisotopic (exact) mass is 480 g/mol. The highest BCUT2D eigenvalue weighted by atomic mass is 127. The Labute approximate surface area is 171 Å². The molecule has 0 aliphatic carbocycles. The van der Waals surface area contributed by atoms with Gasteiger partial charge in [0, 0.05) is 23.3 Å². The first-order valence-corrected chi connectivity index (χ1v) is 9.51. The van der Waals surface area contributed by atoms with Crippen molar-refractivity contribution in [3.8, 4) is 0 Å². The van der Waals surface area contributed by atoms with Gasteiger partial charge in [-0.05, 0) is 45.9 Å². The standard InChI is InChI=1S/C20H21IN2O4/c1-13(24)22-17(11-14-5-3-2-4-6-14)19(25)23-18(20(26)27)12-15-7-9-16(21)10-8-15/h2-10,17-18H,11-12H2,1H3,(H,22,24)(H,23,25)(H,26,27)/t17-,18-/m0/s1. The number of carbonyl (C=O) groups excluding carboxylic acids is 2. The Morgan fingerprint density at radius 2 is 1.44 bits per heavy atom. The van der Waals surface area contributed by atoms with Crippen molar-refractivity contribution in [2.24, 2.45) is 0 Å². The molecular formula is C20H21IN2O4. The Bertz CT molecular complexity index is 793. The minimum atomic E-state index is -1.12. The van der Waals surface area contributed by atoms with Crippen LogP contribution in [0.1, 0.15) is 18.1 Å². The molecule has 0 spiro atoms. The van der Waals surface area contributed by atoms with Crippen LogP contribution in [0.4, 0.5) is 0 Å². The minimum Gasteiger partial charge on any atom is -0.480 e.